The maximum atomic E-state index is 12.5. The van der Waals surface area contributed by atoms with E-state index in [0.29, 0.717) is 30.7 Å². The van der Waals surface area contributed by atoms with Gasteiger partial charge < -0.3 is 23.5 Å². The molecule has 25 heavy (non-hydrogen) atoms. The first-order valence-electron chi connectivity index (χ1n) is 9.31. The van der Waals surface area contributed by atoms with Gasteiger partial charge in [0.25, 0.3) is 5.91 Å². The molecule has 0 bridgehead atoms. The van der Waals surface area contributed by atoms with E-state index in [4.69, 9.17) is 18.6 Å². The van der Waals surface area contributed by atoms with Gasteiger partial charge in [-0.05, 0) is 38.2 Å². The Morgan fingerprint density at radius 3 is 2.76 bits per heavy atom. The van der Waals surface area contributed by atoms with Gasteiger partial charge in [-0.3, -0.25) is 4.79 Å². The van der Waals surface area contributed by atoms with Crippen LogP contribution in [0.4, 0.5) is 0 Å². The highest BCUT2D eigenvalue weighted by molar-refractivity contribution is 5.93. The van der Waals surface area contributed by atoms with Crippen molar-refractivity contribution >= 4 is 5.91 Å². The third kappa shape index (κ3) is 3.35. The Kier molecular flexibility index (Phi) is 4.84. The predicted molar refractivity (Wildman–Crippen MR) is 90.5 cm³/mol. The number of ether oxygens (including phenoxy) is 3. The van der Waals surface area contributed by atoms with Gasteiger partial charge in [0.1, 0.15) is 5.60 Å². The van der Waals surface area contributed by atoms with Crippen molar-refractivity contribution < 1.29 is 23.4 Å². The van der Waals surface area contributed by atoms with E-state index < -0.39 is 0 Å². The van der Waals surface area contributed by atoms with Gasteiger partial charge in [-0.15, -0.1) is 0 Å². The van der Waals surface area contributed by atoms with Gasteiger partial charge in [0.05, 0.1) is 26.0 Å². The summed E-state index contributed by atoms with van der Waals surface area (Å²) in [7, 11) is 0. The molecule has 0 aromatic carbocycles. The average molecular weight is 349 g/mol. The quantitative estimate of drug-likeness (QED) is 0.816. The molecule has 6 nitrogen and oxygen atoms in total. The Balaban J connectivity index is 1.27. The van der Waals surface area contributed by atoms with E-state index in [0.717, 1.165) is 57.9 Å². The minimum Gasteiger partial charge on any atom is -0.459 e. The number of hydrogen-bond acceptors (Lipinski definition) is 5. The molecule has 3 aliphatic heterocycles. The molecular weight excluding hydrogens is 322 g/mol. The van der Waals surface area contributed by atoms with Gasteiger partial charge in [0.15, 0.2) is 5.76 Å². The standard InChI is InChI=1S/C19H27NO5/c1-14-2-8-24-17(14)18(21)20-12-19(13-20)16(5-9-25-19)11-23-10-15-3-6-22-7-4-15/h2,8,15-16H,3-7,9-13H2,1H3. The molecule has 3 saturated heterocycles. The summed E-state index contributed by atoms with van der Waals surface area (Å²) in [4.78, 5) is 14.3. The molecule has 1 atom stereocenters. The summed E-state index contributed by atoms with van der Waals surface area (Å²) in [6.07, 6.45) is 4.76. The summed E-state index contributed by atoms with van der Waals surface area (Å²) in [5, 5.41) is 0. The molecule has 4 rings (SSSR count). The minimum atomic E-state index is -0.216. The number of carbonyl (C=O) groups is 1. The van der Waals surface area contributed by atoms with Crippen molar-refractivity contribution in [2.24, 2.45) is 11.8 Å². The Morgan fingerprint density at radius 1 is 1.24 bits per heavy atom. The highest BCUT2D eigenvalue weighted by Crippen LogP contribution is 2.41. The number of aryl methyl sites for hydroxylation is 1. The van der Waals surface area contributed by atoms with Crippen molar-refractivity contribution in [1.29, 1.82) is 0 Å². The normalized spacial score (nSPS) is 26.1. The molecule has 1 aromatic rings. The molecule has 1 unspecified atom stereocenters. The van der Waals surface area contributed by atoms with Crippen LogP contribution in [0.2, 0.25) is 0 Å². The lowest BCUT2D eigenvalue weighted by atomic mass is 9.81. The van der Waals surface area contributed by atoms with Gasteiger partial charge in [0, 0.05) is 37.9 Å². The van der Waals surface area contributed by atoms with Crippen molar-refractivity contribution in [3.63, 3.8) is 0 Å². The third-order valence-corrected chi connectivity index (χ3v) is 5.87. The van der Waals surface area contributed by atoms with Gasteiger partial charge >= 0.3 is 0 Å². The molecule has 1 amide bonds. The molecule has 0 saturated carbocycles. The molecule has 4 heterocycles. The van der Waals surface area contributed by atoms with Crippen LogP contribution >= 0.6 is 0 Å². The van der Waals surface area contributed by atoms with E-state index in [1.165, 1.54) is 0 Å². The van der Waals surface area contributed by atoms with Crippen LogP contribution in [0.15, 0.2) is 16.7 Å². The number of rotatable bonds is 5. The molecule has 138 valence electrons. The maximum absolute atomic E-state index is 12.5. The molecule has 1 spiro atoms. The first kappa shape index (κ1) is 17.1. The minimum absolute atomic E-state index is 0.0366. The number of furan rings is 1. The van der Waals surface area contributed by atoms with Gasteiger partial charge in [0.2, 0.25) is 0 Å². The number of likely N-dealkylation sites (tertiary alicyclic amines) is 1. The van der Waals surface area contributed by atoms with Crippen LogP contribution in [-0.4, -0.2) is 62.5 Å². The fourth-order valence-electron chi connectivity index (χ4n) is 4.14. The monoisotopic (exact) mass is 349 g/mol. The summed E-state index contributed by atoms with van der Waals surface area (Å²) >= 11 is 0. The second kappa shape index (κ2) is 7.09. The van der Waals surface area contributed by atoms with Crippen molar-refractivity contribution in [3.05, 3.63) is 23.7 Å². The van der Waals surface area contributed by atoms with E-state index >= 15 is 0 Å². The van der Waals surface area contributed by atoms with Crippen LogP contribution in [0.3, 0.4) is 0 Å². The summed E-state index contributed by atoms with van der Waals surface area (Å²) in [6, 6.07) is 1.82. The molecule has 0 N–H and O–H groups in total. The van der Waals surface area contributed by atoms with Gasteiger partial charge in [-0.25, -0.2) is 0 Å². The first-order chi connectivity index (χ1) is 12.2. The molecular formula is C19H27NO5. The number of nitrogens with zero attached hydrogens (tertiary/aromatic N) is 1. The topological polar surface area (TPSA) is 61.1 Å². The van der Waals surface area contributed by atoms with E-state index in [-0.39, 0.29) is 11.5 Å². The maximum Gasteiger partial charge on any atom is 0.290 e. The molecule has 3 aliphatic rings. The number of amides is 1. The SMILES string of the molecule is Cc1ccoc1C(=O)N1CC2(C1)OCCC2COCC1CCOCC1. The molecule has 0 radical (unpaired) electrons. The van der Waals surface area contributed by atoms with Crippen molar-refractivity contribution in [1.82, 2.24) is 4.90 Å². The highest BCUT2D eigenvalue weighted by atomic mass is 16.5. The zero-order valence-electron chi connectivity index (χ0n) is 14.9. The van der Waals surface area contributed by atoms with Crippen molar-refractivity contribution in [2.75, 3.05) is 46.1 Å². The fraction of sp³-hybridized carbons (Fsp3) is 0.737. The second-order valence-electron chi connectivity index (χ2n) is 7.59. The predicted octanol–water partition coefficient (Wildman–Crippen LogP) is 2.26. The Morgan fingerprint density at radius 2 is 2.04 bits per heavy atom. The Hall–Kier alpha value is -1.37. The molecule has 3 fully saturated rings. The van der Waals surface area contributed by atoms with Crippen LogP contribution in [0, 0.1) is 18.8 Å². The van der Waals surface area contributed by atoms with E-state index in [1.54, 1.807) is 6.26 Å². The highest BCUT2D eigenvalue weighted by Gasteiger charge is 2.55. The number of hydrogen-bond donors (Lipinski definition) is 0. The lowest BCUT2D eigenvalue weighted by molar-refractivity contribution is -0.130. The molecule has 0 aliphatic carbocycles. The summed E-state index contributed by atoms with van der Waals surface area (Å²) in [5.74, 6) is 1.40. The third-order valence-electron chi connectivity index (χ3n) is 5.87. The summed E-state index contributed by atoms with van der Waals surface area (Å²) in [5.41, 5.74) is 0.667. The Labute approximate surface area is 148 Å². The average Bonchev–Trinajstić information content (AvgIpc) is 3.20. The van der Waals surface area contributed by atoms with Crippen LogP contribution in [0.1, 0.15) is 35.4 Å². The summed E-state index contributed by atoms with van der Waals surface area (Å²) in [6.45, 7) is 7.16. The van der Waals surface area contributed by atoms with Gasteiger partial charge in [-0.1, -0.05) is 0 Å². The summed E-state index contributed by atoms with van der Waals surface area (Å²) < 4.78 is 22.8. The molecule has 6 heteroatoms. The lowest BCUT2D eigenvalue weighted by Gasteiger charge is -2.49. The second-order valence-corrected chi connectivity index (χ2v) is 7.59. The van der Waals surface area contributed by atoms with Crippen LogP contribution in [-0.2, 0) is 14.2 Å². The van der Waals surface area contributed by atoms with Crippen molar-refractivity contribution in [2.45, 2.75) is 31.8 Å². The molecule has 1 aromatic heterocycles. The van der Waals surface area contributed by atoms with Crippen LogP contribution in [0.5, 0.6) is 0 Å². The Bertz CT molecular complexity index is 601. The number of carbonyl (C=O) groups excluding carboxylic acids is 1. The van der Waals surface area contributed by atoms with E-state index in [9.17, 15) is 4.79 Å². The van der Waals surface area contributed by atoms with Gasteiger partial charge in [-0.2, -0.15) is 0 Å². The smallest absolute Gasteiger partial charge is 0.290 e. The zero-order valence-corrected chi connectivity index (χ0v) is 14.9. The zero-order chi connectivity index (χ0) is 17.3. The van der Waals surface area contributed by atoms with E-state index in [2.05, 4.69) is 0 Å². The van der Waals surface area contributed by atoms with Crippen LogP contribution in [0.25, 0.3) is 0 Å². The fourth-order valence-corrected chi connectivity index (χ4v) is 4.14. The van der Waals surface area contributed by atoms with Crippen LogP contribution < -0.4 is 0 Å². The van der Waals surface area contributed by atoms with Crippen molar-refractivity contribution in [3.8, 4) is 0 Å². The largest absolute Gasteiger partial charge is 0.459 e. The first-order valence-corrected chi connectivity index (χ1v) is 9.31. The lowest BCUT2D eigenvalue weighted by Crippen LogP contribution is -2.66. The van der Waals surface area contributed by atoms with E-state index in [1.807, 2.05) is 17.9 Å².